The summed E-state index contributed by atoms with van der Waals surface area (Å²) < 4.78 is 19.6. The summed E-state index contributed by atoms with van der Waals surface area (Å²) in [5, 5.41) is 4.05. The third-order valence-electron chi connectivity index (χ3n) is 8.25. The molecular weight excluding hydrogens is 534 g/mol. The lowest BCUT2D eigenvalue weighted by Crippen LogP contribution is -2.45. The summed E-state index contributed by atoms with van der Waals surface area (Å²) in [7, 11) is 4.28. The molecule has 2 fully saturated rings. The third kappa shape index (κ3) is 7.11. The number of amides is 1. The van der Waals surface area contributed by atoms with Crippen molar-refractivity contribution < 1.29 is 19.0 Å². The van der Waals surface area contributed by atoms with Gasteiger partial charge >= 0.3 is 0 Å². The van der Waals surface area contributed by atoms with Crippen molar-refractivity contribution in [3.63, 3.8) is 0 Å². The van der Waals surface area contributed by atoms with Crippen LogP contribution in [0.4, 0.5) is 5.82 Å². The van der Waals surface area contributed by atoms with Gasteiger partial charge in [-0.05, 0) is 49.7 Å². The number of piperazine rings is 1. The fraction of sp³-hybridized carbons (Fsp3) is 0.548. The van der Waals surface area contributed by atoms with Crippen molar-refractivity contribution in [2.24, 2.45) is 11.8 Å². The Bertz CT molecular complexity index is 1340. The molecule has 0 radical (unpaired) electrons. The highest BCUT2D eigenvalue weighted by Crippen LogP contribution is 2.43. The quantitative estimate of drug-likeness (QED) is 0.243. The maximum absolute atomic E-state index is 13.2. The molecule has 1 amide bonds. The van der Waals surface area contributed by atoms with Crippen LogP contribution in [0.3, 0.4) is 0 Å². The van der Waals surface area contributed by atoms with Gasteiger partial charge in [0.1, 0.15) is 29.7 Å². The summed E-state index contributed by atoms with van der Waals surface area (Å²) in [5.41, 5.74) is 2.57. The molecule has 2 atom stereocenters. The van der Waals surface area contributed by atoms with Crippen LogP contribution in [0.1, 0.15) is 6.42 Å². The zero-order chi connectivity index (χ0) is 29.1. The zero-order valence-corrected chi connectivity index (χ0v) is 26.4. The number of pyridine rings is 1. The predicted molar refractivity (Wildman–Crippen MR) is 167 cm³/mol. The third-order valence-corrected chi connectivity index (χ3v) is 9.95. The van der Waals surface area contributed by atoms with Gasteiger partial charge in [-0.2, -0.15) is 0 Å². The number of carbonyl (C=O) groups is 1. The Balaban J connectivity index is 1.36. The number of anilines is 1. The fourth-order valence-electron chi connectivity index (χ4n) is 5.54. The first-order chi connectivity index (χ1) is 19.7. The number of methoxy groups -OCH3 is 2. The standard InChI is InChI=1S/C31H45N5O4Si/c1-34-12-14-35(15-13-34)19-22-18-24(22)31(37)33-28-11-10-23-25(29-26(38-2)8-7-9-27(29)39-3)20-36(30(23)32-28)21-40-16-17-41(4,5)6/h7-11,20,22,24H,12-19,21H2,1-6H3,(H,32,33,37). The molecule has 2 aromatic heterocycles. The van der Waals surface area contributed by atoms with Crippen molar-refractivity contribution in [1.29, 1.82) is 0 Å². The molecule has 1 N–H and O–H groups in total. The van der Waals surface area contributed by atoms with E-state index >= 15 is 0 Å². The largest absolute Gasteiger partial charge is 0.496 e. The van der Waals surface area contributed by atoms with Crippen molar-refractivity contribution in [2.75, 3.05) is 65.9 Å². The number of likely N-dealkylation sites (N-methyl/N-ethyl adjacent to an activating group) is 1. The molecule has 1 aromatic carbocycles. The minimum atomic E-state index is -1.21. The Hall–Kier alpha value is -2.92. The molecule has 1 aliphatic carbocycles. The van der Waals surface area contributed by atoms with Gasteiger partial charge in [-0.1, -0.05) is 25.7 Å². The van der Waals surface area contributed by atoms with Gasteiger partial charge in [0.15, 0.2) is 0 Å². The van der Waals surface area contributed by atoms with E-state index in [1.54, 1.807) is 14.2 Å². The Morgan fingerprint density at radius 1 is 1.05 bits per heavy atom. The van der Waals surface area contributed by atoms with Crippen LogP contribution in [0.15, 0.2) is 36.5 Å². The van der Waals surface area contributed by atoms with E-state index in [0.29, 0.717) is 25.1 Å². The van der Waals surface area contributed by atoms with E-state index in [-0.39, 0.29) is 11.8 Å². The molecule has 1 aliphatic heterocycles. The summed E-state index contributed by atoms with van der Waals surface area (Å²) in [6, 6.07) is 10.8. The van der Waals surface area contributed by atoms with Gasteiger partial charge < -0.3 is 33.9 Å². The van der Waals surface area contributed by atoms with Crippen LogP contribution < -0.4 is 14.8 Å². The maximum Gasteiger partial charge on any atom is 0.228 e. The number of hydrogen-bond acceptors (Lipinski definition) is 7. The van der Waals surface area contributed by atoms with Crippen LogP contribution in [0.5, 0.6) is 11.5 Å². The van der Waals surface area contributed by atoms with Crippen LogP contribution >= 0.6 is 0 Å². The van der Waals surface area contributed by atoms with Crippen LogP contribution in [0.2, 0.25) is 25.7 Å². The van der Waals surface area contributed by atoms with Crippen LogP contribution in [0.25, 0.3) is 22.2 Å². The van der Waals surface area contributed by atoms with Gasteiger partial charge in [0.05, 0.1) is 19.8 Å². The molecule has 5 rings (SSSR count). The molecule has 41 heavy (non-hydrogen) atoms. The Morgan fingerprint density at radius 2 is 1.76 bits per heavy atom. The Labute approximate surface area is 244 Å². The van der Waals surface area contributed by atoms with Gasteiger partial charge in [0, 0.05) is 70.5 Å². The monoisotopic (exact) mass is 579 g/mol. The molecule has 9 nitrogen and oxygen atoms in total. The van der Waals surface area contributed by atoms with Crippen LogP contribution in [-0.2, 0) is 16.3 Å². The van der Waals surface area contributed by atoms with Gasteiger partial charge in [0.25, 0.3) is 0 Å². The molecule has 222 valence electrons. The van der Waals surface area contributed by atoms with Crippen molar-refractivity contribution >= 4 is 30.8 Å². The molecule has 1 saturated heterocycles. The molecule has 0 spiro atoms. The van der Waals surface area contributed by atoms with E-state index < -0.39 is 8.07 Å². The minimum absolute atomic E-state index is 0.0530. The number of hydrogen-bond donors (Lipinski definition) is 1. The van der Waals surface area contributed by atoms with E-state index in [9.17, 15) is 4.79 Å². The molecule has 3 aromatic rings. The smallest absolute Gasteiger partial charge is 0.228 e. The first kappa shape index (κ1) is 29.6. The highest BCUT2D eigenvalue weighted by molar-refractivity contribution is 6.76. The molecule has 3 heterocycles. The van der Waals surface area contributed by atoms with Crippen molar-refractivity contribution in [3.05, 3.63) is 36.5 Å². The molecule has 10 heteroatoms. The van der Waals surface area contributed by atoms with E-state index in [0.717, 1.165) is 78.8 Å². The second kappa shape index (κ2) is 12.5. The summed E-state index contributed by atoms with van der Waals surface area (Å²) in [6.07, 6.45) is 2.99. The lowest BCUT2D eigenvalue weighted by atomic mass is 10.0. The van der Waals surface area contributed by atoms with Crippen molar-refractivity contribution in [1.82, 2.24) is 19.4 Å². The van der Waals surface area contributed by atoms with Crippen LogP contribution in [-0.4, -0.2) is 93.9 Å². The van der Waals surface area contributed by atoms with Crippen LogP contribution in [0, 0.1) is 11.8 Å². The Kier molecular flexibility index (Phi) is 9.03. The molecule has 0 bridgehead atoms. The second-order valence-electron chi connectivity index (χ2n) is 12.7. The number of rotatable bonds is 12. The number of fused-ring (bicyclic) bond motifs is 1. The van der Waals surface area contributed by atoms with E-state index in [1.165, 1.54) is 0 Å². The van der Waals surface area contributed by atoms with Gasteiger partial charge in [-0.15, -0.1) is 0 Å². The number of aromatic nitrogens is 2. The highest BCUT2D eigenvalue weighted by Gasteiger charge is 2.44. The molecule has 2 unspecified atom stereocenters. The normalized spacial score (nSPS) is 19.9. The molecule has 2 aliphatic rings. The first-order valence-electron chi connectivity index (χ1n) is 14.7. The van der Waals surface area contributed by atoms with Gasteiger partial charge in [0.2, 0.25) is 5.91 Å². The maximum atomic E-state index is 13.2. The first-order valence-corrected chi connectivity index (χ1v) is 18.4. The number of nitrogens with zero attached hydrogens (tertiary/aromatic N) is 4. The summed E-state index contributed by atoms with van der Waals surface area (Å²) in [6.45, 7) is 13.5. The molecular formula is C31H45N5O4Si. The zero-order valence-electron chi connectivity index (χ0n) is 25.4. The summed E-state index contributed by atoms with van der Waals surface area (Å²) in [4.78, 5) is 22.9. The lowest BCUT2D eigenvalue weighted by Gasteiger charge is -2.32. The van der Waals surface area contributed by atoms with E-state index in [1.807, 2.05) is 41.1 Å². The highest BCUT2D eigenvalue weighted by atomic mass is 28.3. The summed E-state index contributed by atoms with van der Waals surface area (Å²) >= 11 is 0. The second-order valence-corrected chi connectivity index (χ2v) is 18.3. The number of benzene rings is 1. The minimum Gasteiger partial charge on any atom is -0.496 e. The van der Waals surface area contributed by atoms with Gasteiger partial charge in [-0.3, -0.25) is 4.79 Å². The fourth-order valence-corrected chi connectivity index (χ4v) is 6.30. The Morgan fingerprint density at radius 3 is 2.41 bits per heavy atom. The number of ether oxygens (including phenoxy) is 3. The van der Waals surface area contributed by atoms with Gasteiger partial charge in [-0.25, -0.2) is 4.98 Å². The average Bonchev–Trinajstić information content (AvgIpc) is 3.63. The molecule has 1 saturated carbocycles. The topological polar surface area (TPSA) is 81.1 Å². The average molecular weight is 580 g/mol. The number of nitrogens with one attached hydrogen (secondary N) is 1. The lowest BCUT2D eigenvalue weighted by molar-refractivity contribution is -0.117. The SMILES string of the molecule is COc1cccc(OC)c1-c1cn(COCC[Si](C)(C)C)c2nc(NC(=O)C3CC3CN3CCN(C)CC3)ccc12. The summed E-state index contributed by atoms with van der Waals surface area (Å²) in [5.74, 6) is 2.55. The predicted octanol–water partition coefficient (Wildman–Crippen LogP) is 4.85. The van der Waals surface area contributed by atoms with E-state index in [4.69, 9.17) is 19.2 Å². The van der Waals surface area contributed by atoms with Crippen molar-refractivity contribution in [3.8, 4) is 22.6 Å². The van der Waals surface area contributed by atoms with E-state index in [2.05, 4.69) is 41.8 Å². The van der Waals surface area contributed by atoms with Crippen molar-refractivity contribution in [2.45, 2.75) is 38.8 Å². The number of carbonyl (C=O) groups excluding carboxylic acids is 1.